The van der Waals surface area contributed by atoms with Crippen molar-refractivity contribution in [3.8, 4) is 0 Å². The van der Waals surface area contributed by atoms with Gasteiger partial charge in [0.2, 0.25) is 0 Å². The van der Waals surface area contributed by atoms with E-state index in [1.165, 1.54) is 0 Å². The average Bonchev–Trinajstić information content (AvgIpc) is 3.14. The van der Waals surface area contributed by atoms with Gasteiger partial charge in [-0.05, 0) is 37.4 Å². The van der Waals surface area contributed by atoms with Crippen molar-refractivity contribution in [3.05, 3.63) is 77.1 Å². The molecule has 0 N–H and O–H groups in total. The molecule has 1 atom stereocenters. The van der Waals surface area contributed by atoms with Crippen LogP contribution in [0.5, 0.6) is 0 Å². The molecule has 30 heavy (non-hydrogen) atoms. The molecular formula is C24H25F3N2O. The van der Waals surface area contributed by atoms with Gasteiger partial charge in [-0.25, -0.2) is 13.2 Å². The van der Waals surface area contributed by atoms with Crippen LogP contribution in [0.25, 0.3) is 6.08 Å². The van der Waals surface area contributed by atoms with Crippen molar-refractivity contribution in [1.29, 1.82) is 0 Å². The number of nitrogens with zero attached hydrogens (tertiary/aromatic N) is 2. The van der Waals surface area contributed by atoms with Crippen molar-refractivity contribution in [3.63, 3.8) is 0 Å². The molecule has 4 rings (SSSR count). The van der Waals surface area contributed by atoms with Crippen LogP contribution in [0.1, 0.15) is 35.2 Å². The van der Waals surface area contributed by atoms with Gasteiger partial charge in [-0.1, -0.05) is 42.5 Å². The van der Waals surface area contributed by atoms with Gasteiger partial charge >= 0.3 is 0 Å². The van der Waals surface area contributed by atoms with Crippen LogP contribution in [0.4, 0.5) is 13.2 Å². The van der Waals surface area contributed by atoms with Crippen molar-refractivity contribution >= 4 is 12.0 Å². The number of amides is 1. The van der Waals surface area contributed by atoms with Crippen LogP contribution < -0.4 is 0 Å². The predicted octanol–water partition coefficient (Wildman–Crippen LogP) is 4.75. The number of rotatable bonds is 4. The first-order valence-electron chi connectivity index (χ1n) is 10.3. The number of hydrogen-bond donors (Lipinski definition) is 0. The topological polar surface area (TPSA) is 23.6 Å². The average molecular weight is 414 g/mol. The Hall–Kier alpha value is -2.60. The van der Waals surface area contributed by atoms with Gasteiger partial charge in [0.25, 0.3) is 5.91 Å². The first-order valence-corrected chi connectivity index (χ1v) is 10.3. The number of carbonyl (C=O) groups is 1. The minimum absolute atomic E-state index is 0.0243. The van der Waals surface area contributed by atoms with Crippen LogP contribution >= 0.6 is 0 Å². The summed E-state index contributed by atoms with van der Waals surface area (Å²) in [4.78, 5) is 16.7. The minimum atomic E-state index is -1.28. The molecule has 2 aliphatic heterocycles. The third-order valence-corrected chi connectivity index (χ3v) is 6.18. The summed E-state index contributed by atoms with van der Waals surface area (Å²) in [5.74, 6) is -4.07. The van der Waals surface area contributed by atoms with E-state index in [1.54, 1.807) is 4.90 Å². The SMILES string of the molecule is O=C(c1cc(F)c(F)cc1F)N1CCC2(CCCN(C/C=C/c3ccccc3)C2)C1. The zero-order valence-corrected chi connectivity index (χ0v) is 16.8. The molecule has 0 bridgehead atoms. The highest BCUT2D eigenvalue weighted by Crippen LogP contribution is 2.39. The molecule has 6 heteroatoms. The Morgan fingerprint density at radius 1 is 0.967 bits per heavy atom. The van der Waals surface area contributed by atoms with E-state index in [2.05, 4.69) is 29.2 Å². The minimum Gasteiger partial charge on any atom is -0.338 e. The fourth-order valence-electron chi connectivity index (χ4n) is 4.67. The second kappa shape index (κ2) is 8.64. The highest BCUT2D eigenvalue weighted by atomic mass is 19.2. The summed E-state index contributed by atoms with van der Waals surface area (Å²) in [5, 5.41) is 0. The van der Waals surface area contributed by atoms with Crippen molar-refractivity contribution in [2.75, 3.05) is 32.7 Å². The summed E-state index contributed by atoms with van der Waals surface area (Å²) < 4.78 is 40.7. The molecule has 2 saturated heterocycles. The molecule has 2 aromatic carbocycles. The summed E-state index contributed by atoms with van der Waals surface area (Å²) in [6.07, 6.45) is 7.15. The van der Waals surface area contributed by atoms with E-state index in [9.17, 15) is 18.0 Å². The zero-order valence-electron chi connectivity index (χ0n) is 16.8. The van der Waals surface area contributed by atoms with Crippen molar-refractivity contribution < 1.29 is 18.0 Å². The second-order valence-electron chi connectivity index (χ2n) is 8.37. The molecule has 3 nitrogen and oxygen atoms in total. The summed E-state index contributed by atoms with van der Waals surface area (Å²) in [6.45, 7) is 3.74. The number of benzene rings is 2. The molecule has 1 amide bonds. The largest absolute Gasteiger partial charge is 0.338 e. The van der Waals surface area contributed by atoms with E-state index in [0.29, 0.717) is 25.2 Å². The van der Waals surface area contributed by atoms with Crippen LogP contribution in [0.3, 0.4) is 0 Å². The van der Waals surface area contributed by atoms with E-state index < -0.39 is 28.9 Å². The Kier molecular flexibility index (Phi) is 5.95. The maximum absolute atomic E-state index is 14.0. The highest BCUT2D eigenvalue weighted by molar-refractivity contribution is 5.94. The van der Waals surface area contributed by atoms with Crippen molar-refractivity contribution in [1.82, 2.24) is 9.80 Å². The molecule has 1 unspecified atom stereocenters. The van der Waals surface area contributed by atoms with Crippen LogP contribution in [-0.2, 0) is 0 Å². The monoisotopic (exact) mass is 414 g/mol. The molecule has 0 saturated carbocycles. The Morgan fingerprint density at radius 3 is 2.53 bits per heavy atom. The summed E-state index contributed by atoms with van der Waals surface area (Å²) in [5.41, 5.74) is 0.739. The summed E-state index contributed by atoms with van der Waals surface area (Å²) in [7, 11) is 0. The maximum Gasteiger partial charge on any atom is 0.256 e. The number of halogens is 3. The third kappa shape index (κ3) is 4.43. The fourth-order valence-corrected chi connectivity index (χ4v) is 4.67. The number of carbonyl (C=O) groups excluding carboxylic acids is 1. The molecule has 2 aromatic rings. The molecule has 2 fully saturated rings. The Bertz CT molecular complexity index is 947. The maximum atomic E-state index is 14.0. The van der Waals surface area contributed by atoms with E-state index in [4.69, 9.17) is 0 Å². The second-order valence-corrected chi connectivity index (χ2v) is 8.37. The lowest BCUT2D eigenvalue weighted by molar-refractivity contribution is 0.0703. The fraction of sp³-hybridized carbons (Fsp3) is 0.375. The molecule has 2 heterocycles. The van der Waals surface area contributed by atoms with Gasteiger partial charge in [-0.2, -0.15) is 0 Å². The summed E-state index contributed by atoms with van der Waals surface area (Å²) in [6, 6.07) is 11.2. The standard InChI is InChI=1S/C24H25F3N2O/c25-20-15-22(27)21(26)14-19(20)23(30)29-13-10-24(17-29)9-5-12-28(16-24)11-4-8-18-6-2-1-3-7-18/h1-4,6-8,14-15H,5,9-13,16-17H2/b8-4+. The van der Waals surface area contributed by atoms with Crippen LogP contribution in [0, 0.1) is 22.9 Å². The lowest BCUT2D eigenvalue weighted by Gasteiger charge is -2.40. The van der Waals surface area contributed by atoms with E-state index >= 15 is 0 Å². The molecule has 0 aromatic heterocycles. The summed E-state index contributed by atoms with van der Waals surface area (Å²) >= 11 is 0. The number of piperidine rings is 1. The molecular weight excluding hydrogens is 389 g/mol. The van der Waals surface area contributed by atoms with Crippen LogP contribution in [0.2, 0.25) is 0 Å². The number of hydrogen-bond acceptors (Lipinski definition) is 2. The lowest BCUT2D eigenvalue weighted by atomic mass is 9.79. The van der Waals surface area contributed by atoms with Gasteiger partial charge in [0.05, 0.1) is 5.56 Å². The predicted molar refractivity (Wildman–Crippen MR) is 110 cm³/mol. The quantitative estimate of drug-likeness (QED) is 0.675. The normalized spacial score (nSPS) is 22.3. The van der Waals surface area contributed by atoms with Crippen molar-refractivity contribution in [2.45, 2.75) is 19.3 Å². The van der Waals surface area contributed by atoms with E-state index in [1.807, 2.05) is 18.2 Å². The molecule has 1 spiro atoms. The third-order valence-electron chi connectivity index (χ3n) is 6.18. The van der Waals surface area contributed by atoms with Crippen LogP contribution in [-0.4, -0.2) is 48.4 Å². The van der Waals surface area contributed by atoms with Gasteiger partial charge in [-0.15, -0.1) is 0 Å². The molecule has 0 radical (unpaired) electrons. The Balaban J connectivity index is 1.39. The van der Waals surface area contributed by atoms with E-state index in [0.717, 1.165) is 44.5 Å². The van der Waals surface area contributed by atoms with Gasteiger partial charge in [0.15, 0.2) is 11.6 Å². The van der Waals surface area contributed by atoms with Crippen molar-refractivity contribution in [2.24, 2.45) is 5.41 Å². The molecule has 2 aliphatic rings. The zero-order chi connectivity index (χ0) is 21.1. The van der Waals surface area contributed by atoms with E-state index in [-0.39, 0.29) is 5.41 Å². The first kappa shape index (κ1) is 20.7. The van der Waals surface area contributed by atoms with Crippen LogP contribution in [0.15, 0.2) is 48.5 Å². The first-order chi connectivity index (χ1) is 14.5. The lowest BCUT2D eigenvalue weighted by Crippen LogP contribution is -2.45. The molecule has 0 aliphatic carbocycles. The highest BCUT2D eigenvalue weighted by Gasteiger charge is 2.43. The van der Waals surface area contributed by atoms with Gasteiger partial charge in [0, 0.05) is 37.7 Å². The molecule has 158 valence electrons. The smallest absolute Gasteiger partial charge is 0.256 e. The number of likely N-dealkylation sites (tertiary alicyclic amines) is 2. The van der Waals surface area contributed by atoms with Gasteiger partial charge in [-0.3, -0.25) is 9.69 Å². The van der Waals surface area contributed by atoms with Gasteiger partial charge < -0.3 is 4.90 Å². The Labute approximate surface area is 174 Å². The Morgan fingerprint density at radius 2 is 1.73 bits per heavy atom. The van der Waals surface area contributed by atoms with Gasteiger partial charge in [0.1, 0.15) is 5.82 Å².